The third-order valence-corrected chi connectivity index (χ3v) is 4.19. The van der Waals surface area contributed by atoms with Gasteiger partial charge in [-0.15, -0.1) is 11.3 Å². The summed E-state index contributed by atoms with van der Waals surface area (Å²) in [5, 5.41) is 3.22. The number of amides is 2. The summed E-state index contributed by atoms with van der Waals surface area (Å²) < 4.78 is 13.0. The number of aromatic nitrogens is 1. The van der Waals surface area contributed by atoms with Gasteiger partial charge >= 0.3 is 0 Å². The Labute approximate surface area is 144 Å². The number of anilines is 1. The summed E-state index contributed by atoms with van der Waals surface area (Å²) in [6.07, 6.45) is 3.37. The van der Waals surface area contributed by atoms with Crippen molar-refractivity contribution in [2.75, 3.05) is 18.4 Å². The zero-order valence-corrected chi connectivity index (χ0v) is 14.5. The van der Waals surface area contributed by atoms with Crippen LogP contribution in [0, 0.1) is 12.7 Å². The van der Waals surface area contributed by atoms with Crippen molar-refractivity contribution in [2.45, 2.75) is 26.7 Å². The molecule has 0 atom stereocenters. The van der Waals surface area contributed by atoms with Gasteiger partial charge in [0.25, 0.3) is 5.91 Å². The number of hydrogen-bond donors (Lipinski definition) is 1. The zero-order chi connectivity index (χ0) is 17.5. The fourth-order valence-corrected chi connectivity index (χ4v) is 2.80. The van der Waals surface area contributed by atoms with Crippen LogP contribution in [0.4, 0.5) is 9.52 Å². The third kappa shape index (κ3) is 5.13. The Morgan fingerprint density at radius 3 is 2.58 bits per heavy atom. The van der Waals surface area contributed by atoms with E-state index in [1.165, 1.54) is 40.5 Å². The molecule has 7 heteroatoms. The van der Waals surface area contributed by atoms with Gasteiger partial charge in [0, 0.05) is 23.2 Å². The van der Waals surface area contributed by atoms with Crippen LogP contribution in [0.15, 0.2) is 30.5 Å². The second kappa shape index (κ2) is 8.54. The van der Waals surface area contributed by atoms with Gasteiger partial charge in [-0.3, -0.25) is 9.59 Å². The molecular weight excluding hydrogens is 329 g/mol. The molecule has 24 heavy (non-hydrogen) atoms. The number of nitrogens with one attached hydrogen (secondary N) is 1. The molecule has 0 radical (unpaired) electrons. The molecule has 128 valence electrons. The second-order valence-electron chi connectivity index (χ2n) is 5.41. The number of unbranched alkanes of at least 4 members (excludes halogenated alkanes) is 1. The van der Waals surface area contributed by atoms with Gasteiger partial charge in [-0.05, 0) is 37.6 Å². The predicted molar refractivity (Wildman–Crippen MR) is 92.7 cm³/mol. The SMILES string of the molecule is CCCCN(CC(=O)Nc1ncc(C)s1)C(=O)c1ccc(F)cc1. The number of nitrogens with zero attached hydrogens (tertiary/aromatic N) is 2. The van der Waals surface area contributed by atoms with E-state index in [0.29, 0.717) is 17.2 Å². The molecule has 1 aromatic carbocycles. The average Bonchev–Trinajstić information content (AvgIpc) is 2.96. The molecule has 0 aliphatic rings. The Morgan fingerprint density at radius 2 is 2.00 bits per heavy atom. The van der Waals surface area contributed by atoms with E-state index in [4.69, 9.17) is 0 Å². The minimum absolute atomic E-state index is 0.0607. The van der Waals surface area contributed by atoms with Gasteiger partial charge in [0.15, 0.2) is 5.13 Å². The molecule has 2 rings (SSSR count). The minimum atomic E-state index is -0.399. The van der Waals surface area contributed by atoms with E-state index in [1.54, 1.807) is 6.20 Å². The Morgan fingerprint density at radius 1 is 1.29 bits per heavy atom. The van der Waals surface area contributed by atoms with Gasteiger partial charge in [0.05, 0.1) is 0 Å². The molecule has 0 saturated carbocycles. The van der Waals surface area contributed by atoms with Crippen molar-refractivity contribution < 1.29 is 14.0 Å². The highest BCUT2D eigenvalue weighted by Gasteiger charge is 2.19. The van der Waals surface area contributed by atoms with Gasteiger partial charge in [0.1, 0.15) is 12.4 Å². The Bertz CT molecular complexity index is 700. The van der Waals surface area contributed by atoms with Gasteiger partial charge in [0.2, 0.25) is 5.91 Å². The summed E-state index contributed by atoms with van der Waals surface area (Å²) in [5.74, 6) is -0.978. The Hall–Kier alpha value is -2.28. The van der Waals surface area contributed by atoms with Crippen molar-refractivity contribution in [3.63, 3.8) is 0 Å². The van der Waals surface area contributed by atoms with Crippen molar-refractivity contribution in [1.82, 2.24) is 9.88 Å². The maximum absolute atomic E-state index is 13.0. The van der Waals surface area contributed by atoms with E-state index in [9.17, 15) is 14.0 Å². The number of carbonyl (C=O) groups is 2. The van der Waals surface area contributed by atoms with Crippen LogP contribution in [0.25, 0.3) is 0 Å². The summed E-state index contributed by atoms with van der Waals surface area (Å²) in [7, 11) is 0. The van der Waals surface area contributed by atoms with Gasteiger partial charge < -0.3 is 10.2 Å². The van der Waals surface area contributed by atoms with Gasteiger partial charge in [-0.2, -0.15) is 0 Å². The van der Waals surface area contributed by atoms with Crippen molar-refractivity contribution in [2.24, 2.45) is 0 Å². The predicted octanol–water partition coefficient (Wildman–Crippen LogP) is 3.47. The summed E-state index contributed by atoms with van der Waals surface area (Å²) in [6, 6.07) is 5.34. The molecule has 1 heterocycles. The third-order valence-electron chi connectivity index (χ3n) is 3.36. The summed E-state index contributed by atoms with van der Waals surface area (Å²) in [6.45, 7) is 4.32. The minimum Gasteiger partial charge on any atom is -0.329 e. The molecule has 2 amide bonds. The van der Waals surface area contributed by atoms with Crippen LogP contribution in [-0.2, 0) is 4.79 Å². The van der Waals surface area contributed by atoms with Crippen LogP contribution in [0.1, 0.15) is 35.0 Å². The largest absolute Gasteiger partial charge is 0.329 e. The molecule has 0 aliphatic heterocycles. The number of halogens is 1. The van der Waals surface area contributed by atoms with Crippen LogP contribution in [0.2, 0.25) is 0 Å². The maximum atomic E-state index is 13.0. The van der Waals surface area contributed by atoms with Gasteiger partial charge in [-0.1, -0.05) is 13.3 Å². The smallest absolute Gasteiger partial charge is 0.254 e. The van der Waals surface area contributed by atoms with Crippen LogP contribution in [0.5, 0.6) is 0 Å². The topological polar surface area (TPSA) is 62.3 Å². The van der Waals surface area contributed by atoms with Crippen molar-refractivity contribution in [3.8, 4) is 0 Å². The monoisotopic (exact) mass is 349 g/mol. The fourth-order valence-electron chi connectivity index (χ4n) is 2.12. The standard InChI is InChI=1S/C17H20FN3O2S/c1-3-4-9-21(16(23)13-5-7-14(18)8-6-13)11-15(22)20-17-19-10-12(2)24-17/h5-8,10H,3-4,9,11H2,1-2H3,(H,19,20,22). The first kappa shape index (κ1) is 18.1. The maximum Gasteiger partial charge on any atom is 0.254 e. The molecule has 0 unspecified atom stereocenters. The Balaban J connectivity index is 2.05. The first-order valence-electron chi connectivity index (χ1n) is 7.76. The molecule has 0 bridgehead atoms. The number of carbonyl (C=O) groups excluding carboxylic acids is 2. The van der Waals surface area contributed by atoms with E-state index < -0.39 is 5.82 Å². The van der Waals surface area contributed by atoms with Crippen LogP contribution in [-0.4, -0.2) is 34.8 Å². The lowest BCUT2D eigenvalue weighted by molar-refractivity contribution is -0.116. The van der Waals surface area contributed by atoms with Gasteiger partial charge in [-0.25, -0.2) is 9.37 Å². The summed E-state index contributed by atoms with van der Waals surface area (Å²) in [4.78, 5) is 31.3. The lowest BCUT2D eigenvalue weighted by Crippen LogP contribution is -2.38. The van der Waals surface area contributed by atoms with E-state index in [-0.39, 0.29) is 18.4 Å². The summed E-state index contributed by atoms with van der Waals surface area (Å²) in [5.41, 5.74) is 0.366. The molecular formula is C17H20FN3O2S. The van der Waals surface area contributed by atoms with E-state index in [0.717, 1.165) is 17.7 Å². The summed E-state index contributed by atoms with van der Waals surface area (Å²) >= 11 is 1.38. The van der Waals surface area contributed by atoms with Crippen LogP contribution >= 0.6 is 11.3 Å². The number of hydrogen-bond acceptors (Lipinski definition) is 4. The highest BCUT2D eigenvalue weighted by molar-refractivity contribution is 7.15. The Kier molecular flexibility index (Phi) is 6.43. The molecule has 1 aromatic heterocycles. The molecule has 0 fully saturated rings. The molecule has 0 spiro atoms. The number of thiazole rings is 1. The van der Waals surface area contributed by atoms with Crippen LogP contribution in [0.3, 0.4) is 0 Å². The lowest BCUT2D eigenvalue weighted by atomic mass is 10.2. The lowest BCUT2D eigenvalue weighted by Gasteiger charge is -2.22. The quantitative estimate of drug-likeness (QED) is 0.832. The number of rotatable bonds is 7. The van der Waals surface area contributed by atoms with Crippen molar-refractivity contribution in [3.05, 3.63) is 46.7 Å². The van der Waals surface area contributed by atoms with E-state index >= 15 is 0 Å². The van der Waals surface area contributed by atoms with Crippen LogP contribution < -0.4 is 5.32 Å². The molecule has 0 aliphatic carbocycles. The highest BCUT2D eigenvalue weighted by atomic mass is 32.1. The number of benzene rings is 1. The number of aryl methyl sites for hydroxylation is 1. The first-order valence-corrected chi connectivity index (χ1v) is 8.58. The van der Waals surface area contributed by atoms with Crippen molar-refractivity contribution in [1.29, 1.82) is 0 Å². The normalized spacial score (nSPS) is 10.5. The second-order valence-corrected chi connectivity index (χ2v) is 6.65. The van der Waals surface area contributed by atoms with Crippen molar-refractivity contribution >= 4 is 28.3 Å². The zero-order valence-electron chi connectivity index (χ0n) is 13.7. The molecule has 5 nitrogen and oxygen atoms in total. The fraction of sp³-hybridized carbons (Fsp3) is 0.353. The molecule has 0 saturated heterocycles. The average molecular weight is 349 g/mol. The highest BCUT2D eigenvalue weighted by Crippen LogP contribution is 2.16. The first-order chi connectivity index (χ1) is 11.5. The van der Waals surface area contributed by atoms with E-state index in [2.05, 4.69) is 10.3 Å². The van der Waals surface area contributed by atoms with E-state index in [1.807, 2.05) is 13.8 Å². The molecule has 1 N–H and O–H groups in total. The molecule has 2 aromatic rings.